The lowest BCUT2D eigenvalue weighted by atomic mass is 10.1. The molecule has 0 bridgehead atoms. The summed E-state index contributed by atoms with van der Waals surface area (Å²) in [6, 6.07) is 7.85. The maximum absolute atomic E-state index is 11.0. The van der Waals surface area contributed by atoms with Gasteiger partial charge in [-0.05, 0) is 43.5 Å². The number of imidazole rings is 1. The highest BCUT2D eigenvalue weighted by molar-refractivity contribution is 5.88. The van der Waals surface area contributed by atoms with Crippen LogP contribution in [0.5, 0.6) is 0 Å². The van der Waals surface area contributed by atoms with Gasteiger partial charge in [-0.3, -0.25) is 4.79 Å². The van der Waals surface area contributed by atoms with Crippen molar-refractivity contribution in [1.29, 1.82) is 0 Å². The van der Waals surface area contributed by atoms with Crippen LogP contribution in [0, 0.1) is 0 Å². The fourth-order valence-corrected chi connectivity index (χ4v) is 2.57. The van der Waals surface area contributed by atoms with E-state index in [0.29, 0.717) is 0 Å². The molecule has 1 amide bonds. The van der Waals surface area contributed by atoms with Gasteiger partial charge in [0.15, 0.2) is 0 Å². The largest absolute Gasteiger partial charge is 0.328 e. The summed E-state index contributed by atoms with van der Waals surface area (Å²) in [4.78, 5) is 15.5. The topological polar surface area (TPSA) is 46.9 Å². The minimum absolute atomic E-state index is 0.0501. The lowest BCUT2D eigenvalue weighted by Crippen LogP contribution is -2.10. The normalized spacial score (nSPS) is 13.9. The van der Waals surface area contributed by atoms with Gasteiger partial charge in [0.2, 0.25) is 5.91 Å². The number of aryl methyl sites for hydroxylation is 1. The fraction of sp³-hybridized carbons (Fsp3) is 0.333. The van der Waals surface area contributed by atoms with E-state index in [1.165, 1.54) is 25.5 Å². The van der Waals surface area contributed by atoms with Gasteiger partial charge in [0.1, 0.15) is 5.82 Å². The SMILES string of the molecule is CC(=O)Nc1ccc(-c2ncc3n2CCCC3)cc1. The van der Waals surface area contributed by atoms with Gasteiger partial charge in [-0.15, -0.1) is 0 Å². The highest BCUT2D eigenvalue weighted by Gasteiger charge is 2.14. The van der Waals surface area contributed by atoms with Gasteiger partial charge in [0.25, 0.3) is 0 Å². The van der Waals surface area contributed by atoms with E-state index in [1.807, 2.05) is 30.5 Å². The number of benzene rings is 1. The molecule has 1 aliphatic heterocycles. The Labute approximate surface area is 112 Å². The van der Waals surface area contributed by atoms with Crippen LogP contribution in [0.15, 0.2) is 30.5 Å². The maximum atomic E-state index is 11.0. The van der Waals surface area contributed by atoms with E-state index in [1.54, 1.807) is 0 Å². The van der Waals surface area contributed by atoms with Crippen LogP contribution in [-0.4, -0.2) is 15.5 Å². The van der Waals surface area contributed by atoms with Crippen molar-refractivity contribution in [2.75, 3.05) is 5.32 Å². The van der Waals surface area contributed by atoms with Crippen LogP contribution in [0.3, 0.4) is 0 Å². The monoisotopic (exact) mass is 255 g/mol. The molecule has 0 unspecified atom stereocenters. The molecule has 1 aliphatic rings. The minimum atomic E-state index is -0.0501. The van der Waals surface area contributed by atoms with Crippen molar-refractivity contribution in [2.45, 2.75) is 32.7 Å². The molecule has 2 aromatic rings. The summed E-state index contributed by atoms with van der Waals surface area (Å²) in [6.07, 6.45) is 5.58. The van der Waals surface area contributed by atoms with Gasteiger partial charge in [-0.1, -0.05) is 0 Å². The smallest absolute Gasteiger partial charge is 0.221 e. The molecule has 19 heavy (non-hydrogen) atoms. The maximum Gasteiger partial charge on any atom is 0.221 e. The molecule has 0 atom stereocenters. The Bertz CT molecular complexity index is 598. The summed E-state index contributed by atoms with van der Waals surface area (Å²) >= 11 is 0. The van der Waals surface area contributed by atoms with E-state index in [-0.39, 0.29) is 5.91 Å². The van der Waals surface area contributed by atoms with Crippen LogP contribution < -0.4 is 5.32 Å². The Morgan fingerprint density at radius 1 is 1.26 bits per heavy atom. The van der Waals surface area contributed by atoms with Gasteiger partial charge in [-0.25, -0.2) is 4.98 Å². The third-order valence-corrected chi connectivity index (χ3v) is 3.47. The molecule has 1 aromatic carbocycles. The van der Waals surface area contributed by atoms with E-state index in [0.717, 1.165) is 30.0 Å². The third-order valence-electron chi connectivity index (χ3n) is 3.47. The summed E-state index contributed by atoms with van der Waals surface area (Å²) in [5, 5.41) is 2.77. The number of aromatic nitrogens is 2. The predicted molar refractivity (Wildman–Crippen MR) is 74.9 cm³/mol. The molecular weight excluding hydrogens is 238 g/mol. The lowest BCUT2D eigenvalue weighted by Gasteiger charge is -2.16. The number of fused-ring (bicyclic) bond motifs is 1. The zero-order valence-electron chi connectivity index (χ0n) is 11.0. The van der Waals surface area contributed by atoms with E-state index >= 15 is 0 Å². The highest BCUT2D eigenvalue weighted by Crippen LogP contribution is 2.25. The quantitative estimate of drug-likeness (QED) is 0.897. The Kier molecular flexibility index (Phi) is 3.07. The molecule has 2 heterocycles. The number of hydrogen-bond acceptors (Lipinski definition) is 2. The number of nitrogens with zero attached hydrogens (tertiary/aromatic N) is 2. The highest BCUT2D eigenvalue weighted by atomic mass is 16.1. The molecule has 1 aromatic heterocycles. The molecule has 3 rings (SSSR count). The lowest BCUT2D eigenvalue weighted by molar-refractivity contribution is -0.114. The third kappa shape index (κ3) is 2.38. The van der Waals surface area contributed by atoms with Crippen LogP contribution in [0.25, 0.3) is 11.4 Å². The molecule has 4 nitrogen and oxygen atoms in total. The van der Waals surface area contributed by atoms with Crippen molar-refractivity contribution in [2.24, 2.45) is 0 Å². The molecule has 0 saturated carbocycles. The van der Waals surface area contributed by atoms with Crippen LogP contribution in [0.1, 0.15) is 25.5 Å². The van der Waals surface area contributed by atoms with Gasteiger partial charge >= 0.3 is 0 Å². The van der Waals surface area contributed by atoms with Crippen LogP contribution in [0.2, 0.25) is 0 Å². The Balaban J connectivity index is 1.90. The first-order valence-electron chi connectivity index (χ1n) is 6.66. The minimum Gasteiger partial charge on any atom is -0.328 e. The molecular formula is C15H17N3O. The predicted octanol–water partition coefficient (Wildman–Crippen LogP) is 2.84. The number of carbonyl (C=O) groups is 1. The molecule has 0 aliphatic carbocycles. The number of carbonyl (C=O) groups excluding carboxylic acids is 1. The number of hydrogen-bond donors (Lipinski definition) is 1. The standard InChI is InChI=1S/C15H17N3O/c1-11(19)17-13-7-5-12(6-8-13)15-16-10-14-4-2-3-9-18(14)15/h5-8,10H,2-4,9H2,1H3,(H,17,19). The molecule has 0 spiro atoms. The van der Waals surface area contributed by atoms with Crippen molar-refractivity contribution in [1.82, 2.24) is 9.55 Å². The average Bonchev–Trinajstić information content (AvgIpc) is 2.83. The van der Waals surface area contributed by atoms with Gasteiger partial charge < -0.3 is 9.88 Å². The van der Waals surface area contributed by atoms with Crippen molar-refractivity contribution in [3.8, 4) is 11.4 Å². The second-order valence-electron chi connectivity index (χ2n) is 4.94. The first-order chi connectivity index (χ1) is 9.24. The molecule has 0 saturated heterocycles. The van der Waals surface area contributed by atoms with Gasteiger partial charge in [0.05, 0.1) is 0 Å². The van der Waals surface area contributed by atoms with Crippen LogP contribution in [0.4, 0.5) is 5.69 Å². The number of nitrogens with one attached hydrogen (secondary N) is 1. The van der Waals surface area contributed by atoms with E-state index in [9.17, 15) is 4.79 Å². The van der Waals surface area contributed by atoms with E-state index in [2.05, 4.69) is 14.9 Å². The fourth-order valence-electron chi connectivity index (χ4n) is 2.57. The van der Waals surface area contributed by atoms with E-state index in [4.69, 9.17) is 0 Å². The zero-order chi connectivity index (χ0) is 13.2. The van der Waals surface area contributed by atoms with Crippen molar-refractivity contribution < 1.29 is 4.79 Å². The summed E-state index contributed by atoms with van der Waals surface area (Å²) in [6.45, 7) is 2.57. The van der Waals surface area contributed by atoms with E-state index < -0.39 is 0 Å². The Morgan fingerprint density at radius 2 is 2.05 bits per heavy atom. The van der Waals surface area contributed by atoms with Crippen molar-refractivity contribution in [3.63, 3.8) is 0 Å². The molecule has 0 fully saturated rings. The molecule has 4 heteroatoms. The molecule has 98 valence electrons. The van der Waals surface area contributed by atoms with Crippen molar-refractivity contribution in [3.05, 3.63) is 36.2 Å². The van der Waals surface area contributed by atoms with Crippen molar-refractivity contribution >= 4 is 11.6 Å². The second-order valence-corrected chi connectivity index (χ2v) is 4.94. The van der Waals surface area contributed by atoms with Crippen LogP contribution >= 0.6 is 0 Å². The van der Waals surface area contributed by atoms with Crippen LogP contribution in [-0.2, 0) is 17.8 Å². The Hall–Kier alpha value is -2.10. The number of amides is 1. The van der Waals surface area contributed by atoms with Gasteiger partial charge in [0, 0.05) is 36.6 Å². The summed E-state index contributed by atoms with van der Waals surface area (Å²) in [5.41, 5.74) is 3.25. The first kappa shape index (κ1) is 12.0. The zero-order valence-corrected chi connectivity index (χ0v) is 11.0. The summed E-state index contributed by atoms with van der Waals surface area (Å²) < 4.78 is 2.30. The summed E-state index contributed by atoms with van der Waals surface area (Å²) in [7, 11) is 0. The average molecular weight is 255 g/mol. The number of anilines is 1. The first-order valence-corrected chi connectivity index (χ1v) is 6.66. The molecule has 0 radical (unpaired) electrons. The number of rotatable bonds is 2. The Morgan fingerprint density at radius 3 is 2.79 bits per heavy atom. The summed E-state index contributed by atoms with van der Waals surface area (Å²) in [5.74, 6) is 0.981. The second kappa shape index (κ2) is 4.88. The van der Waals surface area contributed by atoms with Gasteiger partial charge in [-0.2, -0.15) is 0 Å². The molecule has 1 N–H and O–H groups in total.